The van der Waals surface area contributed by atoms with Crippen LogP contribution in [0.1, 0.15) is 31.0 Å². The first-order valence-electron chi connectivity index (χ1n) is 9.27. The van der Waals surface area contributed by atoms with Crippen molar-refractivity contribution >= 4 is 0 Å². The molecule has 134 valence electrons. The summed E-state index contributed by atoms with van der Waals surface area (Å²) in [7, 11) is 0. The van der Waals surface area contributed by atoms with Crippen molar-refractivity contribution in [3.05, 3.63) is 59.7 Å². The number of benzene rings is 2. The largest absolute Gasteiger partial charge is 0.457 e. The van der Waals surface area contributed by atoms with Gasteiger partial charge in [0.2, 0.25) is 0 Å². The van der Waals surface area contributed by atoms with Crippen molar-refractivity contribution in [2.24, 2.45) is 5.73 Å². The molecule has 25 heavy (non-hydrogen) atoms. The van der Waals surface area contributed by atoms with Crippen LogP contribution in [0.2, 0.25) is 0 Å². The van der Waals surface area contributed by atoms with E-state index in [2.05, 4.69) is 41.8 Å². The van der Waals surface area contributed by atoms with Gasteiger partial charge in [0, 0.05) is 32.2 Å². The third kappa shape index (κ3) is 4.21. The lowest BCUT2D eigenvalue weighted by atomic mass is 10.0. The van der Waals surface area contributed by atoms with Gasteiger partial charge in [0.05, 0.1) is 0 Å². The van der Waals surface area contributed by atoms with E-state index in [1.807, 2.05) is 30.3 Å². The maximum absolute atomic E-state index is 6.12. The zero-order chi connectivity index (χ0) is 17.6. The smallest absolute Gasteiger partial charge is 0.127 e. The molecule has 0 radical (unpaired) electrons. The monoisotopic (exact) mass is 339 g/mol. The van der Waals surface area contributed by atoms with Crippen molar-refractivity contribution in [3.8, 4) is 11.5 Å². The average molecular weight is 339 g/mol. The van der Waals surface area contributed by atoms with Crippen LogP contribution in [0.3, 0.4) is 0 Å². The highest BCUT2D eigenvalue weighted by molar-refractivity contribution is 5.42. The molecule has 3 rings (SSSR count). The number of likely N-dealkylation sites (N-methyl/N-ethyl adjacent to an activating group) is 1. The number of ether oxygens (including phenoxy) is 1. The first-order chi connectivity index (χ1) is 12.2. The van der Waals surface area contributed by atoms with Crippen LogP contribution < -0.4 is 10.5 Å². The predicted octanol–water partition coefficient (Wildman–Crippen LogP) is 3.64. The molecule has 1 unspecified atom stereocenters. The Morgan fingerprint density at radius 2 is 1.84 bits per heavy atom. The highest BCUT2D eigenvalue weighted by Crippen LogP contribution is 2.36. The van der Waals surface area contributed by atoms with E-state index in [9.17, 15) is 0 Å². The maximum atomic E-state index is 6.12. The lowest BCUT2D eigenvalue weighted by Crippen LogP contribution is -2.36. The van der Waals surface area contributed by atoms with Crippen molar-refractivity contribution in [1.82, 2.24) is 9.80 Å². The summed E-state index contributed by atoms with van der Waals surface area (Å²) in [6, 6.07) is 16.6. The lowest BCUT2D eigenvalue weighted by molar-refractivity contribution is 0.180. The van der Waals surface area contributed by atoms with Crippen LogP contribution in [-0.2, 0) is 6.54 Å². The van der Waals surface area contributed by atoms with E-state index in [0.717, 1.165) is 44.2 Å². The molecule has 0 aliphatic carbocycles. The Morgan fingerprint density at radius 3 is 2.52 bits per heavy atom. The minimum Gasteiger partial charge on any atom is -0.457 e. The summed E-state index contributed by atoms with van der Waals surface area (Å²) in [5, 5.41) is 0. The SMILES string of the molecule is CCN(CC)CCN1Cc2ccc(Oc3ccccc3)cc2C1CN. The zero-order valence-electron chi connectivity index (χ0n) is 15.3. The second-order valence-electron chi connectivity index (χ2n) is 6.52. The van der Waals surface area contributed by atoms with E-state index in [0.29, 0.717) is 6.54 Å². The van der Waals surface area contributed by atoms with Gasteiger partial charge in [-0.2, -0.15) is 0 Å². The summed E-state index contributed by atoms with van der Waals surface area (Å²) in [6.07, 6.45) is 0. The molecule has 1 heterocycles. The molecule has 0 saturated heterocycles. The molecule has 2 aromatic carbocycles. The van der Waals surface area contributed by atoms with E-state index in [1.54, 1.807) is 0 Å². The molecule has 2 aromatic rings. The Bertz CT molecular complexity index is 670. The highest BCUT2D eigenvalue weighted by atomic mass is 16.5. The second kappa shape index (κ2) is 8.48. The third-order valence-electron chi connectivity index (χ3n) is 5.09. The fraction of sp³-hybridized carbons (Fsp3) is 0.429. The van der Waals surface area contributed by atoms with Crippen molar-refractivity contribution in [3.63, 3.8) is 0 Å². The first-order valence-corrected chi connectivity index (χ1v) is 9.27. The van der Waals surface area contributed by atoms with Gasteiger partial charge >= 0.3 is 0 Å². The molecular weight excluding hydrogens is 310 g/mol. The van der Waals surface area contributed by atoms with Gasteiger partial charge in [-0.25, -0.2) is 0 Å². The van der Waals surface area contributed by atoms with Crippen LogP contribution in [0.25, 0.3) is 0 Å². The summed E-state index contributed by atoms with van der Waals surface area (Å²) in [4.78, 5) is 4.95. The Morgan fingerprint density at radius 1 is 1.08 bits per heavy atom. The first kappa shape index (κ1) is 17.9. The number of rotatable bonds is 8. The Labute approximate surface area is 151 Å². The quantitative estimate of drug-likeness (QED) is 0.797. The molecule has 1 aliphatic rings. The third-order valence-corrected chi connectivity index (χ3v) is 5.09. The number of nitrogens with zero attached hydrogens (tertiary/aromatic N) is 2. The van der Waals surface area contributed by atoms with Crippen LogP contribution in [-0.4, -0.2) is 42.5 Å². The van der Waals surface area contributed by atoms with Crippen LogP contribution >= 0.6 is 0 Å². The summed E-state index contributed by atoms with van der Waals surface area (Å²) < 4.78 is 6.00. The molecule has 2 N–H and O–H groups in total. The minimum atomic E-state index is 0.282. The Hall–Kier alpha value is -1.88. The van der Waals surface area contributed by atoms with E-state index < -0.39 is 0 Å². The Balaban J connectivity index is 1.71. The molecule has 1 aliphatic heterocycles. The van der Waals surface area contributed by atoms with Gasteiger partial charge < -0.3 is 15.4 Å². The molecule has 0 spiro atoms. The van der Waals surface area contributed by atoms with E-state index in [1.165, 1.54) is 11.1 Å². The Kier molecular flexibility index (Phi) is 6.08. The standard InChI is InChI=1S/C21H29N3O/c1-3-23(4-2)12-13-24-16-17-10-11-19(14-20(17)21(24)15-22)25-18-8-6-5-7-9-18/h5-11,14,21H,3-4,12-13,15-16,22H2,1-2H3. The van der Waals surface area contributed by atoms with Crippen molar-refractivity contribution in [2.45, 2.75) is 26.4 Å². The average Bonchev–Trinajstić information content (AvgIpc) is 3.00. The van der Waals surface area contributed by atoms with Crippen LogP contribution in [0.4, 0.5) is 0 Å². The van der Waals surface area contributed by atoms with Gasteiger partial charge in [-0.15, -0.1) is 0 Å². The summed E-state index contributed by atoms with van der Waals surface area (Å²) in [6.45, 7) is 10.4. The molecule has 0 amide bonds. The maximum Gasteiger partial charge on any atom is 0.127 e. The molecular formula is C21H29N3O. The summed E-state index contributed by atoms with van der Waals surface area (Å²) in [5.74, 6) is 1.75. The summed E-state index contributed by atoms with van der Waals surface area (Å²) in [5.41, 5.74) is 8.80. The van der Waals surface area contributed by atoms with Crippen molar-refractivity contribution < 1.29 is 4.74 Å². The number of hydrogen-bond donors (Lipinski definition) is 1. The fourth-order valence-electron chi connectivity index (χ4n) is 3.56. The van der Waals surface area contributed by atoms with Gasteiger partial charge in [-0.3, -0.25) is 4.90 Å². The predicted molar refractivity (Wildman–Crippen MR) is 103 cm³/mol. The fourth-order valence-corrected chi connectivity index (χ4v) is 3.56. The van der Waals surface area contributed by atoms with Gasteiger partial charge in [0.15, 0.2) is 0 Å². The number of fused-ring (bicyclic) bond motifs is 1. The number of para-hydroxylation sites is 1. The summed E-state index contributed by atoms with van der Waals surface area (Å²) >= 11 is 0. The van der Waals surface area contributed by atoms with Gasteiger partial charge in [-0.1, -0.05) is 38.1 Å². The molecule has 4 heteroatoms. The molecule has 0 bridgehead atoms. The molecule has 0 fully saturated rings. The van der Waals surface area contributed by atoms with Crippen molar-refractivity contribution in [1.29, 1.82) is 0 Å². The number of nitrogens with two attached hydrogens (primary N) is 1. The van der Waals surface area contributed by atoms with E-state index in [4.69, 9.17) is 10.5 Å². The zero-order valence-corrected chi connectivity index (χ0v) is 15.3. The number of hydrogen-bond acceptors (Lipinski definition) is 4. The molecule has 0 saturated carbocycles. The van der Waals surface area contributed by atoms with Crippen molar-refractivity contribution in [2.75, 3.05) is 32.7 Å². The topological polar surface area (TPSA) is 41.7 Å². The van der Waals surface area contributed by atoms with Gasteiger partial charge in [0.1, 0.15) is 11.5 Å². The molecule has 4 nitrogen and oxygen atoms in total. The normalized spacial score (nSPS) is 17.0. The molecule has 1 atom stereocenters. The van der Waals surface area contributed by atoms with E-state index in [-0.39, 0.29) is 6.04 Å². The van der Waals surface area contributed by atoms with E-state index >= 15 is 0 Å². The van der Waals surface area contributed by atoms with Gasteiger partial charge in [-0.05, 0) is 48.5 Å². The van der Waals surface area contributed by atoms with Crippen LogP contribution in [0.5, 0.6) is 11.5 Å². The highest BCUT2D eigenvalue weighted by Gasteiger charge is 2.29. The second-order valence-corrected chi connectivity index (χ2v) is 6.52. The van der Waals surface area contributed by atoms with Crippen LogP contribution in [0, 0.1) is 0 Å². The van der Waals surface area contributed by atoms with Crippen LogP contribution in [0.15, 0.2) is 48.5 Å². The van der Waals surface area contributed by atoms with Gasteiger partial charge in [0.25, 0.3) is 0 Å². The molecule has 0 aromatic heterocycles. The lowest BCUT2D eigenvalue weighted by Gasteiger charge is -2.27. The minimum absolute atomic E-state index is 0.282.